The highest BCUT2D eigenvalue weighted by Crippen LogP contribution is 2.62. The molecule has 4 atom stereocenters. The Labute approximate surface area is 118 Å². The SMILES string of the molecule is CNC[C@H](C)/C=C(/[B][C@@H](C)[C@@]1(C)C[C@]1(C)O)CCF. The summed E-state index contributed by atoms with van der Waals surface area (Å²) in [5, 5.41) is 13.2. The van der Waals surface area contributed by atoms with E-state index in [4.69, 9.17) is 0 Å². The third-order valence-corrected chi connectivity index (χ3v) is 4.69. The predicted molar refractivity (Wildman–Crippen MR) is 80.3 cm³/mol. The molecular weight excluding hydrogens is 240 g/mol. The van der Waals surface area contributed by atoms with Gasteiger partial charge in [-0.3, -0.25) is 4.39 Å². The molecule has 0 bridgehead atoms. The molecule has 0 aromatic carbocycles. The van der Waals surface area contributed by atoms with Gasteiger partial charge in [0, 0.05) is 6.54 Å². The molecule has 1 aliphatic carbocycles. The van der Waals surface area contributed by atoms with Gasteiger partial charge in [-0.25, -0.2) is 0 Å². The van der Waals surface area contributed by atoms with E-state index < -0.39 is 5.60 Å². The summed E-state index contributed by atoms with van der Waals surface area (Å²) in [7, 11) is 4.07. The fraction of sp³-hybridized carbons (Fsp3) is 0.867. The molecule has 0 aromatic rings. The van der Waals surface area contributed by atoms with Crippen molar-refractivity contribution < 1.29 is 9.50 Å². The zero-order valence-electron chi connectivity index (χ0n) is 13.0. The average molecular weight is 268 g/mol. The number of aliphatic hydroxyl groups is 1. The van der Waals surface area contributed by atoms with Crippen molar-refractivity contribution >= 4 is 7.28 Å². The molecule has 0 aliphatic heterocycles. The Kier molecular flexibility index (Phi) is 5.63. The van der Waals surface area contributed by atoms with Crippen LogP contribution in [0.3, 0.4) is 0 Å². The van der Waals surface area contributed by atoms with Gasteiger partial charge in [-0.15, -0.1) is 5.47 Å². The number of hydrogen-bond donors (Lipinski definition) is 2. The first-order valence-electron chi connectivity index (χ1n) is 7.25. The smallest absolute Gasteiger partial charge is 0.149 e. The first-order valence-corrected chi connectivity index (χ1v) is 7.25. The van der Waals surface area contributed by atoms with Gasteiger partial charge in [-0.1, -0.05) is 32.7 Å². The molecule has 1 fully saturated rings. The van der Waals surface area contributed by atoms with Gasteiger partial charge in [0.2, 0.25) is 0 Å². The van der Waals surface area contributed by atoms with Gasteiger partial charge in [-0.2, -0.15) is 0 Å². The summed E-state index contributed by atoms with van der Waals surface area (Å²) in [4.78, 5) is 0. The number of hydrogen-bond acceptors (Lipinski definition) is 2. The summed E-state index contributed by atoms with van der Waals surface area (Å²) in [5.41, 5.74) is 0.441. The standard InChI is InChI=1S/C15H28BFNO/c1-11(9-18-5)8-13(6-7-17)16-12(2)14(3)10-15(14,4)19/h8,11-12,18-19H,6-7,9-10H2,1-5H3/b13-8+/t11-,12+,14-,15+/m1/s1. The van der Waals surface area contributed by atoms with E-state index in [2.05, 4.69) is 39.4 Å². The summed E-state index contributed by atoms with van der Waals surface area (Å²) in [6.07, 6.45) is 3.44. The van der Waals surface area contributed by atoms with Crippen LogP contribution in [0.5, 0.6) is 0 Å². The number of alkyl halides is 1. The van der Waals surface area contributed by atoms with Gasteiger partial charge >= 0.3 is 0 Å². The van der Waals surface area contributed by atoms with Crippen LogP contribution < -0.4 is 5.32 Å². The summed E-state index contributed by atoms with van der Waals surface area (Å²) in [6, 6.07) is 0. The van der Waals surface area contributed by atoms with Gasteiger partial charge in [-0.05, 0) is 38.1 Å². The van der Waals surface area contributed by atoms with Crippen molar-refractivity contribution in [3.63, 3.8) is 0 Å². The number of allylic oxidation sites excluding steroid dienone is 1. The quantitative estimate of drug-likeness (QED) is 0.663. The van der Waals surface area contributed by atoms with E-state index in [0.29, 0.717) is 12.3 Å². The van der Waals surface area contributed by atoms with Crippen LogP contribution in [0.4, 0.5) is 4.39 Å². The average Bonchev–Trinajstić information content (AvgIpc) is 2.80. The minimum absolute atomic E-state index is 0.0609. The fourth-order valence-electron chi connectivity index (χ4n) is 2.91. The Morgan fingerprint density at radius 1 is 1.47 bits per heavy atom. The lowest BCUT2D eigenvalue weighted by Gasteiger charge is -2.23. The molecule has 0 heterocycles. The summed E-state index contributed by atoms with van der Waals surface area (Å²) < 4.78 is 12.7. The van der Waals surface area contributed by atoms with Gasteiger partial charge in [0.25, 0.3) is 0 Å². The van der Waals surface area contributed by atoms with Gasteiger partial charge in [0.1, 0.15) is 7.28 Å². The molecular formula is C15H28BFNO. The molecule has 1 aliphatic rings. The molecule has 1 radical (unpaired) electrons. The molecule has 0 aromatic heterocycles. The van der Waals surface area contributed by atoms with Crippen molar-refractivity contribution in [1.82, 2.24) is 5.32 Å². The van der Waals surface area contributed by atoms with E-state index in [0.717, 1.165) is 18.4 Å². The zero-order chi connectivity index (χ0) is 14.7. The Morgan fingerprint density at radius 3 is 2.47 bits per heavy atom. The Balaban J connectivity index is 2.64. The van der Waals surface area contributed by atoms with E-state index in [9.17, 15) is 9.50 Å². The van der Waals surface area contributed by atoms with Crippen molar-refractivity contribution in [2.75, 3.05) is 20.3 Å². The maximum atomic E-state index is 12.7. The molecule has 1 rings (SSSR count). The second-order valence-electron chi connectivity index (χ2n) is 6.54. The maximum absolute atomic E-state index is 12.7. The number of halogens is 1. The Morgan fingerprint density at radius 2 is 2.05 bits per heavy atom. The molecule has 0 amide bonds. The second kappa shape index (κ2) is 6.40. The van der Waals surface area contributed by atoms with Gasteiger partial charge in [0.05, 0.1) is 12.3 Å². The summed E-state index contributed by atoms with van der Waals surface area (Å²) in [5.74, 6) is 0.657. The van der Waals surface area contributed by atoms with E-state index in [1.807, 2.05) is 14.0 Å². The van der Waals surface area contributed by atoms with Crippen LogP contribution in [0.2, 0.25) is 5.82 Å². The Bertz CT molecular complexity index is 332. The van der Waals surface area contributed by atoms with Crippen molar-refractivity contribution in [3.05, 3.63) is 11.5 Å². The zero-order valence-corrected chi connectivity index (χ0v) is 13.0. The van der Waals surface area contributed by atoms with Crippen LogP contribution in [0.15, 0.2) is 11.5 Å². The number of rotatable bonds is 8. The summed E-state index contributed by atoms with van der Waals surface area (Å²) >= 11 is 0. The van der Waals surface area contributed by atoms with E-state index in [1.54, 1.807) is 0 Å². The molecule has 2 nitrogen and oxygen atoms in total. The van der Waals surface area contributed by atoms with Crippen molar-refractivity contribution in [2.24, 2.45) is 11.3 Å². The van der Waals surface area contributed by atoms with Crippen molar-refractivity contribution in [3.8, 4) is 0 Å². The first kappa shape index (κ1) is 16.7. The highest BCUT2D eigenvalue weighted by atomic mass is 19.1. The Hall–Kier alpha value is -0.345. The summed E-state index contributed by atoms with van der Waals surface area (Å²) in [6.45, 7) is 8.82. The second-order valence-corrected chi connectivity index (χ2v) is 6.54. The monoisotopic (exact) mass is 268 g/mol. The van der Waals surface area contributed by atoms with Crippen LogP contribution in [0.1, 0.15) is 40.5 Å². The van der Waals surface area contributed by atoms with Crippen LogP contribution in [0.25, 0.3) is 0 Å². The van der Waals surface area contributed by atoms with Gasteiger partial charge < -0.3 is 10.4 Å². The van der Waals surface area contributed by atoms with Crippen LogP contribution >= 0.6 is 0 Å². The topological polar surface area (TPSA) is 32.3 Å². The van der Waals surface area contributed by atoms with E-state index in [1.165, 1.54) is 0 Å². The third-order valence-electron chi connectivity index (χ3n) is 4.69. The molecule has 19 heavy (non-hydrogen) atoms. The lowest BCUT2D eigenvalue weighted by Crippen LogP contribution is -2.23. The minimum Gasteiger partial charge on any atom is -0.390 e. The molecule has 0 saturated heterocycles. The lowest BCUT2D eigenvalue weighted by atomic mass is 9.52. The van der Waals surface area contributed by atoms with E-state index >= 15 is 0 Å². The first-order chi connectivity index (χ1) is 8.76. The van der Waals surface area contributed by atoms with Crippen LogP contribution in [-0.4, -0.2) is 38.3 Å². The number of nitrogens with one attached hydrogen (secondary N) is 1. The minimum atomic E-state index is -0.569. The molecule has 1 saturated carbocycles. The highest BCUT2D eigenvalue weighted by Gasteiger charge is 2.62. The predicted octanol–water partition coefficient (Wildman–Crippen LogP) is 2.76. The molecule has 2 N–H and O–H groups in total. The molecule has 109 valence electrons. The normalized spacial score (nSPS) is 33.9. The highest BCUT2D eigenvalue weighted by molar-refractivity contribution is 6.47. The third kappa shape index (κ3) is 4.06. The maximum Gasteiger partial charge on any atom is 0.149 e. The van der Waals surface area contributed by atoms with E-state index in [-0.39, 0.29) is 17.9 Å². The van der Waals surface area contributed by atoms with Crippen molar-refractivity contribution in [2.45, 2.75) is 52.0 Å². The fourth-order valence-corrected chi connectivity index (χ4v) is 2.91. The molecule has 0 spiro atoms. The molecule has 4 heteroatoms. The molecule has 0 unspecified atom stereocenters. The largest absolute Gasteiger partial charge is 0.390 e. The van der Waals surface area contributed by atoms with Crippen LogP contribution in [0, 0.1) is 11.3 Å². The van der Waals surface area contributed by atoms with Crippen molar-refractivity contribution in [1.29, 1.82) is 0 Å². The van der Waals surface area contributed by atoms with Gasteiger partial charge in [0.15, 0.2) is 0 Å². The van der Waals surface area contributed by atoms with Crippen LogP contribution in [-0.2, 0) is 0 Å². The lowest BCUT2D eigenvalue weighted by molar-refractivity contribution is 0.121.